The number of rotatable bonds is 8. The molecule has 0 saturated carbocycles. The summed E-state index contributed by atoms with van der Waals surface area (Å²) in [6, 6.07) is 5.87. The smallest absolute Gasteiger partial charge is 0.319 e. The number of nitrogens with one attached hydrogen (secondary N) is 1. The second-order valence-corrected chi connectivity index (χ2v) is 4.92. The third kappa shape index (κ3) is 6.07. The summed E-state index contributed by atoms with van der Waals surface area (Å²) in [4.78, 5) is 11.2. The molecule has 4 nitrogen and oxygen atoms in total. The lowest BCUT2D eigenvalue weighted by molar-refractivity contribution is -0.142. The Kier molecular flexibility index (Phi) is 7.52. The molecule has 0 saturated heterocycles. The lowest BCUT2D eigenvalue weighted by atomic mass is 10.2. The zero-order valence-corrected chi connectivity index (χ0v) is 13.0. The van der Waals surface area contributed by atoms with E-state index in [0.29, 0.717) is 19.8 Å². The number of carbonyl (C=O) groups is 1. The normalized spacial score (nSPS) is 10.3. The Morgan fingerprint density at radius 2 is 2.16 bits per heavy atom. The standard InChI is InChI=1S/C14H20BrNO3/c1-3-7-19-13-6-5-12(15)8-11(13)9-16-10-14(17)18-4-2/h5-6,8,16H,3-4,7,9-10H2,1-2H3. The van der Waals surface area contributed by atoms with Crippen molar-refractivity contribution in [2.45, 2.75) is 26.8 Å². The van der Waals surface area contributed by atoms with Crippen LogP contribution in [-0.4, -0.2) is 25.7 Å². The van der Waals surface area contributed by atoms with E-state index in [1.165, 1.54) is 0 Å². The summed E-state index contributed by atoms with van der Waals surface area (Å²) in [6.07, 6.45) is 0.964. The molecule has 0 aliphatic rings. The average molecular weight is 330 g/mol. The van der Waals surface area contributed by atoms with Crippen molar-refractivity contribution in [2.75, 3.05) is 19.8 Å². The molecule has 0 aliphatic carbocycles. The predicted molar refractivity (Wildman–Crippen MR) is 78.3 cm³/mol. The van der Waals surface area contributed by atoms with Crippen molar-refractivity contribution >= 4 is 21.9 Å². The van der Waals surface area contributed by atoms with Crippen LogP contribution in [0.5, 0.6) is 5.75 Å². The lowest BCUT2D eigenvalue weighted by Gasteiger charge is -2.12. The van der Waals surface area contributed by atoms with E-state index in [-0.39, 0.29) is 12.5 Å². The fourth-order valence-electron chi connectivity index (χ4n) is 1.55. The molecule has 1 N–H and O–H groups in total. The molecular formula is C14H20BrNO3. The van der Waals surface area contributed by atoms with E-state index in [0.717, 1.165) is 22.2 Å². The molecule has 0 aromatic heterocycles. The highest BCUT2D eigenvalue weighted by molar-refractivity contribution is 9.10. The third-order valence-electron chi connectivity index (χ3n) is 2.37. The highest BCUT2D eigenvalue weighted by atomic mass is 79.9. The molecule has 0 aliphatic heterocycles. The zero-order chi connectivity index (χ0) is 14.1. The van der Waals surface area contributed by atoms with Crippen LogP contribution in [0.2, 0.25) is 0 Å². The summed E-state index contributed by atoms with van der Waals surface area (Å²) in [5.41, 5.74) is 1.02. The minimum atomic E-state index is -0.242. The average Bonchev–Trinajstić information content (AvgIpc) is 2.38. The Labute approximate surface area is 122 Å². The van der Waals surface area contributed by atoms with Crippen LogP contribution in [-0.2, 0) is 16.1 Å². The first-order valence-corrected chi connectivity index (χ1v) is 7.24. The largest absolute Gasteiger partial charge is 0.493 e. The summed E-state index contributed by atoms with van der Waals surface area (Å²) >= 11 is 3.44. The molecule has 0 radical (unpaired) electrons. The van der Waals surface area contributed by atoms with Gasteiger partial charge < -0.3 is 14.8 Å². The van der Waals surface area contributed by atoms with E-state index in [2.05, 4.69) is 28.2 Å². The summed E-state index contributed by atoms with van der Waals surface area (Å²) in [5.74, 6) is 0.606. The Morgan fingerprint density at radius 1 is 1.37 bits per heavy atom. The van der Waals surface area contributed by atoms with Gasteiger partial charge >= 0.3 is 5.97 Å². The van der Waals surface area contributed by atoms with Gasteiger partial charge in [0.15, 0.2) is 0 Å². The molecule has 1 aromatic rings. The van der Waals surface area contributed by atoms with Gasteiger partial charge in [0.1, 0.15) is 5.75 Å². The first-order chi connectivity index (χ1) is 9.17. The van der Waals surface area contributed by atoms with Crippen molar-refractivity contribution in [2.24, 2.45) is 0 Å². The zero-order valence-electron chi connectivity index (χ0n) is 11.4. The first-order valence-electron chi connectivity index (χ1n) is 6.45. The van der Waals surface area contributed by atoms with Gasteiger partial charge in [-0.15, -0.1) is 0 Å². The second kappa shape index (κ2) is 8.93. The van der Waals surface area contributed by atoms with Gasteiger partial charge in [-0.05, 0) is 31.5 Å². The number of halogens is 1. The van der Waals surface area contributed by atoms with E-state index in [1.807, 2.05) is 18.2 Å². The molecule has 5 heteroatoms. The Hall–Kier alpha value is -1.07. The van der Waals surface area contributed by atoms with Gasteiger partial charge in [-0.3, -0.25) is 4.79 Å². The molecule has 0 spiro atoms. The summed E-state index contributed by atoms with van der Waals surface area (Å²) in [6.45, 7) is 5.72. The molecule has 19 heavy (non-hydrogen) atoms. The van der Waals surface area contributed by atoms with E-state index in [4.69, 9.17) is 9.47 Å². The molecule has 1 rings (SSSR count). The highest BCUT2D eigenvalue weighted by Gasteiger charge is 2.06. The monoisotopic (exact) mass is 329 g/mol. The van der Waals surface area contributed by atoms with Crippen LogP contribution in [0.25, 0.3) is 0 Å². The van der Waals surface area contributed by atoms with Gasteiger partial charge in [-0.2, -0.15) is 0 Å². The van der Waals surface area contributed by atoms with E-state index in [1.54, 1.807) is 6.92 Å². The van der Waals surface area contributed by atoms with Gasteiger partial charge in [-0.1, -0.05) is 22.9 Å². The van der Waals surface area contributed by atoms with Crippen molar-refractivity contribution < 1.29 is 14.3 Å². The lowest BCUT2D eigenvalue weighted by Crippen LogP contribution is -2.24. The summed E-state index contributed by atoms with van der Waals surface area (Å²) < 4.78 is 11.5. The molecule has 1 aromatic carbocycles. The van der Waals surface area contributed by atoms with Crippen LogP contribution in [0.3, 0.4) is 0 Å². The van der Waals surface area contributed by atoms with E-state index < -0.39 is 0 Å². The quantitative estimate of drug-likeness (QED) is 0.745. The van der Waals surface area contributed by atoms with Crippen molar-refractivity contribution in [3.8, 4) is 5.75 Å². The SMILES string of the molecule is CCCOc1ccc(Br)cc1CNCC(=O)OCC. The third-order valence-corrected chi connectivity index (χ3v) is 2.87. The van der Waals surface area contributed by atoms with E-state index >= 15 is 0 Å². The summed E-state index contributed by atoms with van der Waals surface area (Å²) in [7, 11) is 0. The molecule has 0 heterocycles. The van der Waals surface area contributed by atoms with Crippen LogP contribution in [0, 0.1) is 0 Å². The molecular weight excluding hydrogens is 310 g/mol. The Morgan fingerprint density at radius 3 is 2.84 bits per heavy atom. The van der Waals surface area contributed by atoms with E-state index in [9.17, 15) is 4.79 Å². The highest BCUT2D eigenvalue weighted by Crippen LogP contribution is 2.23. The van der Waals surface area contributed by atoms with Gasteiger partial charge in [0.05, 0.1) is 19.8 Å². The Balaban J connectivity index is 2.55. The van der Waals surface area contributed by atoms with Gasteiger partial charge in [0.2, 0.25) is 0 Å². The van der Waals surface area contributed by atoms with Crippen LogP contribution in [0.1, 0.15) is 25.8 Å². The topological polar surface area (TPSA) is 47.6 Å². The minimum absolute atomic E-state index is 0.202. The number of hydrogen-bond acceptors (Lipinski definition) is 4. The van der Waals surface area contributed by atoms with Gasteiger partial charge in [0, 0.05) is 16.6 Å². The predicted octanol–water partition coefficient (Wildman–Crippen LogP) is 2.89. The van der Waals surface area contributed by atoms with Crippen LogP contribution in [0.15, 0.2) is 22.7 Å². The van der Waals surface area contributed by atoms with Crippen molar-refractivity contribution in [3.63, 3.8) is 0 Å². The number of esters is 1. The number of hydrogen-bond donors (Lipinski definition) is 1. The van der Waals surface area contributed by atoms with Gasteiger partial charge in [0.25, 0.3) is 0 Å². The Bertz CT molecular complexity index is 410. The van der Waals surface area contributed by atoms with Crippen molar-refractivity contribution in [1.82, 2.24) is 5.32 Å². The molecule has 0 bridgehead atoms. The number of carbonyl (C=O) groups excluding carboxylic acids is 1. The fourth-order valence-corrected chi connectivity index (χ4v) is 1.96. The molecule has 0 unspecified atom stereocenters. The maximum Gasteiger partial charge on any atom is 0.319 e. The van der Waals surface area contributed by atoms with Crippen LogP contribution in [0.4, 0.5) is 0 Å². The van der Waals surface area contributed by atoms with Crippen molar-refractivity contribution in [1.29, 1.82) is 0 Å². The van der Waals surface area contributed by atoms with Crippen molar-refractivity contribution in [3.05, 3.63) is 28.2 Å². The maximum atomic E-state index is 11.2. The minimum Gasteiger partial charge on any atom is -0.493 e. The summed E-state index contributed by atoms with van der Waals surface area (Å²) in [5, 5.41) is 3.05. The molecule has 106 valence electrons. The number of ether oxygens (including phenoxy) is 2. The van der Waals surface area contributed by atoms with Gasteiger partial charge in [-0.25, -0.2) is 0 Å². The van der Waals surface area contributed by atoms with Crippen LogP contribution >= 0.6 is 15.9 Å². The van der Waals surface area contributed by atoms with Crippen LogP contribution < -0.4 is 10.1 Å². The molecule has 0 amide bonds. The molecule has 0 fully saturated rings. The number of benzene rings is 1. The fraction of sp³-hybridized carbons (Fsp3) is 0.500. The second-order valence-electron chi connectivity index (χ2n) is 4.01. The molecule has 0 atom stereocenters. The first kappa shape index (κ1) is 16.0. The maximum absolute atomic E-state index is 11.2.